The summed E-state index contributed by atoms with van der Waals surface area (Å²) in [4.78, 5) is 25.4. The highest BCUT2D eigenvalue weighted by atomic mass is 16.2. The Labute approximate surface area is 131 Å². The molecule has 1 atom stereocenters. The van der Waals surface area contributed by atoms with Gasteiger partial charge in [0.1, 0.15) is 0 Å². The first kappa shape index (κ1) is 16.5. The van der Waals surface area contributed by atoms with Crippen LogP contribution in [0.25, 0.3) is 0 Å². The number of benzene rings is 1. The molecule has 1 aliphatic rings. The molecule has 1 aliphatic heterocycles. The van der Waals surface area contributed by atoms with Crippen LogP contribution in [0.15, 0.2) is 24.3 Å². The maximum atomic E-state index is 11.9. The van der Waals surface area contributed by atoms with Gasteiger partial charge in [0.05, 0.1) is 0 Å². The first-order chi connectivity index (χ1) is 10.6. The van der Waals surface area contributed by atoms with Crippen LogP contribution >= 0.6 is 0 Å². The lowest BCUT2D eigenvalue weighted by Gasteiger charge is -2.26. The number of carbonyl (C=O) groups is 2. The molecular formula is C17H25N3O2. The summed E-state index contributed by atoms with van der Waals surface area (Å²) in [7, 11) is 0. The van der Waals surface area contributed by atoms with E-state index in [0.29, 0.717) is 25.8 Å². The molecular weight excluding hydrogens is 278 g/mol. The highest BCUT2D eigenvalue weighted by Crippen LogP contribution is 2.21. The fourth-order valence-corrected chi connectivity index (χ4v) is 2.52. The van der Waals surface area contributed by atoms with Gasteiger partial charge in [-0.05, 0) is 43.9 Å². The lowest BCUT2D eigenvalue weighted by molar-refractivity contribution is -0.121. The second kappa shape index (κ2) is 7.94. The predicted molar refractivity (Wildman–Crippen MR) is 87.4 cm³/mol. The molecule has 1 aromatic carbocycles. The average Bonchev–Trinajstić information content (AvgIpc) is 2.52. The number of nitrogens with zero attached hydrogens (tertiary/aromatic N) is 1. The molecule has 2 rings (SSSR count). The van der Waals surface area contributed by atoms with Crippen LogP contribution in [0.2, 0.25) is 0 Å². The molecule has 1 saturated heterocycles. The molecule has 22 heavy (non-hydrogen) atoms. The van der Waals surface area contributed by atoms with Crippen LogP contribution in [-0.4, -0.2) is 24.4 Å². The lowest BCUT2D eigenvalue weighted by atomic mass is 10.1. The number of nitrogens with one attached hydrogen (secondary N) is 1. The van der Waals surface area contributed by atoms with Gasteiger partial charge in [0.15, 0.2) is 0 Å². The van der Waals surface area contributed by atoms with Crippen molar-refractivity contribution >= 4 is 17.5 Å². The van der Waals surface area contributed by atoms with E-state index in [-0.39, 0.29) is 17.9 Å². The Bertz CT molecular complexity index is 511. The van der Waals surface area contributed by atoms with Crippen molar-refractivity contribution in [2.75, 3.05) is 11.4 Å². The Morgan fingerprint density at radius 2 is 2.05 bits per heavy atom. The molecule has 0 saturated carbocycles. The Morgan fingerprint density at radius 1 is 1.32 bits per heavy atom. The van der Waals surface area contributed by atoms with E-state index in [1.807, 2.05) is 36.1 Å². The molecule has 3 N–H and O–H groups in total. The van der Waals surface area contributed by atoms with Crippen molar-refractivity contribution in [3.05, 3.63) is 29.8 Å². The Balaban J connectivity index is 1.84. The summed E-state index contributed by atoms with van der Waals surface area (Å²) in [5.41, 5.74) is 7.61. The number of anilines is 1. The van der Waals surface area contributed by atoms with E-state index >= 15 is 0 Å². The zero-order valence-electron chi connectivity index (χ0n) is 13.2. The van der Waals surface area contributed by atoms with Gasteiger partial charge in [-0.25, -0.2) is 0 Å². The normalized spacial score (nSPS) is 16.5. The van der Waals surface area contributed by atoms with Gasteiger partial charge in [-0.1, -0.05) is 12.1 Å². The molecule has 0 radical (unpaired) electrons. The smallest absolute Gasteiger partial charge is 0.226 e. The van der Waals surface area contributed by atoms with Crippen LogP contribution in [0.3, 0.4) is 0 Å². The van der Waals surface area contributed by atoms with Crippen LogP contribution in [0.1, 0.15) is 44.6 Å². The molecule has 120 valence electrons. The van der Waals surface area contributed by atoms with Crippen molar-refractivity contribution in [2.45, 2.75) is 51.6 Å². The molecule has 1 aromatic rings. The van der Waals surface area contributed by atoms with Crippen molar-refractivity contribution < 1.29 is 9.59 Å². The van der Waals surface area contributed by atoms with Crippen LogP contribution in [0.4, 0.5) is 5.69 Å². The van der Waals surface area contributed by atoms with E-state index in [1.165, 1.54) is 0 Å². The zero-order valence-corrected chi connectivity index (χ0v) is 13.2. The summed E-state index contributed by atoms with van der Waals surface area (Å²) in [5.74, 6) is 0.218. The van der Waals surface area contributed by atoms with Gasteiger partial charge in [0, 0.05) is 37.7 Å². The monoisotopic (exact) mass is 303 g/mol. The van der Waals surface area contributed by atoms with Crippen molar-refractivity contribution in [2.24, 2.45) is 5.73 Å². The van der Waals surface area contributed by atoms with Crippen LogP contribution in [-0.2, 0) is 16.1 Å². The van der Waals surface area contributed by atoms with E-state index in [4.69, 9.17) is 5.73 Å². The molecule has 1 fully saturated rings. The predicted octanol–water partition coefficient (Wildman–Crippen LogP) is 1.95. The molecule has 5 nitrogen and oxygen atoms in total. The second-order valence-corrected chi connectivity index (χ2v) is 5.96. The summed E-state index contributed by atoms with van der Waals surface area (Å²) in [6.07, 6.45) is 3.83. The second-order valence-electron chi connectivity index (χ2n) is 5.96. The lowest BCUT2D eigenvalue weighted by Crippen LogP contribution is -2.35. The summed E-state index contributed by atoms with van der Waals surface area (Å²) in [6.45, 7) is 3.20. The van der Waals surface area contributed by atoms with Crippen molar-refractivity contribution in [3.63, 3.8) is 0 Å². The topological polar surface area (TPSA) is 75.4 Å². The molecule has 1 heterocycles. The fraction of sp³-hybridized carbons (Fsp3) is 0.529. The van der Waals surface area contributed by atoms with Crippen molar-refractivity contribution in [1.82, 2.24) is 5.32 Å². The summed E-state index contributed by atoms with van der Waals surface area (Å²) >= 11 is 0. The van der Waals surface area contributed by atoms with Crippen LogP contribution in [0.5, 0.6) is 0 Å². The SMILES string of the molecule is CC(N)CCC(=O)NCc1ccc(N2CCCCC2=O)cc1. The van der Waals surface area contributed by atoms with E-state index in [9.17, 15) is 9.59 Å². The third-order valence-electron chi connectivity index (χ3n) is 3.89. The Hall–Kier alpha value is -1.88. The van der Waals surface area contributed by atoms with E-state index in [1.54, 1.807) is 0 Å². The molecule has 0 aromatic heterocycles. The minimum atomic E-state index is 0.0209. The number of amides is 2. The first-order valence-electron chi connectivity index (χ1n) is 7.98. The highest BCUT2D eigenvalue weighted by molar-refractivity contribution is 5.93. The number of hydrogen-bond acceptors (Lipinski definition) is 3. The number of carbonyl (C=O) groups excluding carboxylic acids is 2. The standard InChI is InChI=1S/C17H25N3O2/c1-13(18)5-10-16(21)19-12-14-6-8-15(9-7-14)20-11-3-2-4-17(20)22/h6-9,13H,2-5,10-12,18H2,1H3,(H,19,21). The minimum Gasteiger partial charge on any atom is -0.352 e. The molecule has 0 bridgehead atoms. The van der Waals surface area contributed by atoms with E-state index in [2.05, 4.69) is 5.32 Å². The third-order valence-corrected chi connectivity index (χ3v) is 3.89. The average molecular weight is 303 g/mol. The highest BCUT2D eigenvalue weighted by Gasteiger charge is 2.19. The Kier molecular flexibility index (Phi) is 5.95. The number of hydrogen-bond donors (Lipinski definition) is 2. The van der Waals surface area contributed by atoms with Crippen molar-refractivity contribution in [1.29, 1.82) is 0 Å². The summed E-state index contributed by atoms with van der Waals surface area (Å²) in [5, 5.41) is 2.89. The Morgan fingerprint density at radius 3 is 2.68 bits per heavy atom. The largest absolute Gasteiger partial charge is 0.352 e. The van der Waals surface area contributed by atoms with Crippen molar-refractivity contribution in [3.8, 4) is 0 Å². The quantitative estimate of drug-likeness (QED) is 0.843. The molecule has 5 heteroatoms. The van der Waals surface area contributed by atoms with E-state index < -0.39 is 0 Å². The molecule has 1 unspecified atom stereocenters. The third kappa shape index (κ3) is 4.84. The van der Waals surface area contributed by atoms with Gasteiger partial charge < -0.3 is 16.0 Å². The van der Waals surface area contributed by atoms with E-state index in [0.717, 1.165) is 30.6 Å². The van der Waals surface area contributed by atoms with Gasteiger partial charge in [-0.3, -0.25) is 9.59 Å². The molecule has 2 amide bonds. The maximum Gasteiger partial charge on any atom is 0.226 e. The summed E-state index contributed by atoms with van der Waals surface area (Å²) in [6, 6.07) is 7.87. The zero-order chi connectivity index (χ0) is 15.9. The fourth-order valence-electron chi connectivity index (χ4n) is 2.52. The van der Waals surface area contributed by atoms with Crippen LogP contribution in [0, 0.1) is 0 Å². The van der Waals surface area contributed by atoms with Crippen LogP contribution < -0.4 is 16.0 Å². The molecule has 0 spiro atoms. The van der Waals surface area contributed by atoms with Gasteiger partial charge in [-0.2, -0.15) is 0 Å². The maximum absolute atomic E-state index is 11.9. The number of rotatable bonds is 6. The number of piperidine rings is 1. The minimum absolute atomic E-state index is 0.0209. The summed E-state index contributed by atoms with van der Waals surface area (Å²) < 4.78 is 0. The molecule has 0 aliphatic carbocycles. The van der Waals surface area contributed by atoms with Gasteiger partial charge in [0.25, 0.3) is 0 Å². The van der Waals surface area contributed by atoms with Gasteiger partial charge in [-0.15, -0.1) is 0 Å². The van der Waals surface area contributed by atoms with Gasteiger partial charge in [0.2, 0.25) is 11.8 Å². The van der Waals surface area contributed by atoms with Gasteiger partial charge >= 0.3 is 0 Å². The number of nitrogens with two attached hydrogens (primary N) is 1. The first-order valence-corrected chi connectivity index (χ1v) is 7.98.